The van der Waals surface area contributed by atoms with Crippen LogP contribution >= 0.6 is 23.2 Å². The van der Waals surface area contributed by atoms with Crippen LogP contribution in [-0.2, 0) is 19.8 Å². The molecule has 0 radical (unpaired) electrons. The zero-order valence-corrected chi connectivity index (χ0v) is 18.8. The number of hydrogen-bond acceptors (Lipinski definition) is 3. The lowest BCUT2D eigenvalue weighted by molar-refractivity contribution is -0.149. The van der Waals surface area contributed by atoms with Crippen molar-refractivity contribution in [1.29, 1.82) is 0 Å². The van der Waals surface area contributed by atoms with E-state index in [1.54, 1.807) is 36.4 Å². The van der Waals surface area contributed by atoms with Crippen LogP contribution in [0.1, 0.15) is 36.8 Å². The average molecular weight is 475 g/mol. The molecule has 0 aromatic heterocycles. The lowest BCUT2D eigenvalue weighted by Crippen LogP contribution is -2.64. The molecule has 2 heterocycles. The van der Waals surface area contributed by atoms with Gasteiger partial charge in [0, 0.05) is 28.1 Å². The van der Waals surface area contributed by atoms with E-state index in [0.717, 1.165) is 4.90 Å². The molecule has 1 N–H and O–H groups in total. The van der Waals surface area contributed by atoms with E-state index >= 15 is 0 Å². The second kappa shape index (κ2) is 8.34. The number of anilines is 1. The van der Waals surface area contributed by atoms with Gasteiger partial charge in [0.2, 0.25) is 11.8 Å². The molecule has 1 spiro atoms. The van der Waals surface area contributed by atoms with Crippen molar-refractivity contribution in [2.45, 2.75) is 37.1 Å². The number of nitrogens with zero attached hydrogens (tertiary/aromatic N) is 1. The highest BCUT2D eigenvalue weighted by atomic mass is 35.5. The van der Waals surface area contributed by atoms with Crippen LogP contribution in [0.25, 0.3) is 0 Å². The largest absolute Gasteiger partial charge is 0.325 e. The highest BCUT2D eigenvalue weighted by Gasteiger charge is 2.63. The van der Waals surface area contributed by atoms with Gasteiger partial charge in [-0.15, -0.1) is 0 Å². The maximum absolute atomic E-state index is 13.8. The number of benzene rings is 2. The quantitative estimate of drug-likeness (QED) is 0.488. The lowest BCUT2D eigenvalue weighted by Gasteiger charge is -2.51. The molecule has 5 nitrogen and oxygen atoms in total. The van der Waals surface area contributed by atoms with Gasteiger partial charge >= 0.3 is 6.04 Å². The molecule has 2 aliphatic rings. The fourth-order valence-electron chi connectivity index (χ4n) is 5.13. The monoisotopic (exact) mass is 474 g/mol. The first-order valence-corrected chi connectivity index (χ1v) is 11.0. The Hall–Kier alpha value is -2.70. The molecular weight excluding hydrogens is 454 g/mol. The third kappa shape index (κ3) is 3.42. The van der Waals surface area contributed by atoms with E-state index in [9.17, 15) is 18.8 Å². The molecule has 2 aliphatic heterocycles. The van der Waals surface area contributed by atoms with E-state index < -0.39 is 35.9 Å². The molecule has 4 rings (SSSR count). The highest BCUT2D eigenvalue weighted by molar-refractivity contribution is 6.31. The Kier molecular flexibility index (Phi) is 5.86. The first-order chi connectivity index (χ1) is 15.2. The van der Waals surface area contributed by atoms with Gasteiger partial charge in [-0.25, -0.2) is 0 Å². The minimum Gasteiger partial charge on any atom is -0.325 e. The molecule has 32 heavy (non-hydrogen) atoms. The summed E-state index contributed by atoms with van der Waals surface area (Å²) >= 11 is 12.4. The normalized spacial score (nSPS) is 24.4. The number of amides is 2. The van der Waals surface area contributed by atoms with Gasteiger partial charge < -0.3 is 10.2 Å². The molecule has 2 aromatic rings. The van der Waals surface area contributed by atoms with Gasteiger partial charge in [-0.1, -0.05) is 60.5 Å². The molecule has 0 unspecified atom stereocenters. The molecule has 0 bridgehead atoms. The van der Waals surface area contributed by atoms with Crippen LogP contribution in [0.2, 0.25) is 10.0 Å². The van der Waals surface area contributed by atoms with Crippen LogP contribution in [-0.4, -0.2) is 35.3 Å². The zero-order chi connectivity index (χ0) is 23.2. The molecule has 166 valence electrons. The molecular formula is C24H21Cl2FN2O3. The van der Waals surface area contributed by atoms with Crippen molar-refractivity contribution in [2.75, 3.05) is 11.9 Å². The predicted molar refractivity (Wildman–Crippen MR) is 122 cm³/mol. The number of halogens is 3. The van der Waals surface area contributed by atoms with Crippen molar-refractivity contribution in [3.8, 4) is 0 Å². The number of hydrogen-bond donors (Lipinski definition) is 1. The summed E-state index contributed by atoms with van der Waals surface area (Å²) in [6.07, 6.45) is 0.325. The Morgan fingerprint density at radius 2 is 1.94 bits per heavy atom. The van der Waals surface area contributed by atoms with Crippen LogP contribution in [0.3, 0.4) is 0 Å². The second-order valence-corrected chi connectivity index (χ2v) is 8.99. The van der Waals surface area contributed by atoms with E-state index in [-0.39, 0.29) is 12.3 Å². The third-order valence-electron chi connectivity index (χ3n) is 6.43. The molecule has 2 aromatic carbocycles. The molecule has 1 saturated heterocycles. The Labute approximate surface area is 195 Å². The summed E-state index contributed by atoms with van der Waals surface area (Å²) in [6, 6.07) is 9.48. The number of likely N-dealkylation sites (tertiary alicyclic amines) is 1. The van der Waals surface area contributed by atoms with Gasteiger partial charge in [0.15, 0.2) is 0 Å². The van der Waals surface area contributed by atoms with Crippen LogP contribution in [0.4, 0.5) is 10.1 Å². The van der Waals surface area contributed by atoms with Crippen LogP contribution in [0.5, 0.6) is 0 Å². The van der Waals surface area contributed by atoms with E-state index in [2.05, 4.69) is 11.9 Å². The summed E-state index contributed by atoms with van der Waals surface area (Å²) in [5.41, 5.74) is 1.05. The van der Waals surface area contributed by atoms with Crippen molar-refractivity contribution < 1.29 is 18.8 Å². The van der Waals surface area contributed by atoms with Crippen LogP contribution in [0.15, 0.2) is 54.6 Å². The summed E-state index contributed by atoms with van der Waals surface area (Å²) in [6.45, 7) is 5.21. The summed E-state index contributed by atoms with van der Waals surface area (Å²) in [4.78, 5) is 39.6. The van der Waals surface area contributed by atoms with Crippen molar-refractivity contribution in [3.05, 3.63) is 75.8 Å². The molecule has 0 aliphatic carbocycles. The maximum atomic E-state index is 13.8. The summed E-state index contributed by atoms with van der Waals surface area (Å²) < 4.78 is 13.6. The number of piperidine rings is 1. The van der Waals surface area contributed by atoms with Gasteiger partial charge in [0.1, 0.15) is 12.0 Å². The highest BCUT2D eigenvalue weighted by Crippen LogP contribution is 2.56. The first kappa shape index (κ1) is 22.5. The number of rotatable bonds is 5. The van der Waals surface area contributed by atoms with Crippen molar-refractivity contribution in [2.24, 2.45) is 0 Å². The molecule has 3 atom stereocenters. The SMILES string of the molecule is C=C(CC)[C@H]1N(CC(=O)F)C(=O)C[C@@H](c2cccc(Cl)c2)[C@]12C(=O)Nc1cc(Cl)ccc12. The van der Waals surface area contributed by atoms with E-state index in [1.165, 1.54) is 0 Å². The topological polar surface area (TPSA) is 66.5 Å². The van der Waals surface area contributed by atoms with Gasteiger partial charge in [-0.3, -0.25) is 14.4 Å². The number of carbonyl (C=O) groups is 3. The third-order valence-corrected chi connectivity index (χ3v) is 6.90. The van der Waals surface area contributed by atoms with E-state index in [1.807, 2.05) is 13.0 Å². The Morgan fingerprint density at radius 3 is 2.59 bits per heavy atom. The Balaban J connectivity index is 2.04. The fourth-order valence-corrected chi connectivity index (χ4v) is 5.50. The average Bonchev–Trinajstić information content (AvgIpc) is 3.01. The smallest absolute Gasteiger partial charge is 0.320 e. The summed E-state index contributed by atoms with van der Waals surface area (Å²) in [5, 5.41) is 3.80. The minimum absolute atomic E-state index is 0.101. The number of carbonyl (C=O) groups excluding carboxylic acids is 3. The standard InChI is InChI=1S/C24H21Cl2FN2O3/c1-3-13(2)22-24(17-8-7-16(26)10-19(17)28-23(24)32)18(14-5-4-6-15(25)9-14)11-21(31)29(22)12-20(27)30/h4-10,18,22H,2-3,11-12H2,1H3,(H,28,32)/t18-,22+,24-/m0/s1. The van der Waals surface area contributed by atoms with E-state index in [0.29, 0.717) is 38.9 Å². The summed E-state index contributed by atoms with van der Waals surface area (Å²) in [7, 11) is 0. The van der Waals surface area contributed by atoms with Gasteiger partial charge in [0.25, 0.3) is 0 Å². The zero-order valence-electron chi connectivity index (χ0n) is 17.3. The maximum Gasteiger partial charge on any atom is 0.320 e. The molecule has 1 fully saturated rings. The Bertz CT molecular complexity index is 1150. The van der Waals surface area contributed by atoms with Gasteiger partial charge in [-0.2, -0.15) is 4.39 Å². The van der Waals surface area contributed by atoms with Gasteiger partial charge in [-0.05, 0) is 41.8 Å². The van der Waals surface area contributed by atoms with Crippen molar-refractivity contribution in [1.82, 2.24) is 4.90 Å². The molecule has 0 saturated carbocycles. The van der Waals surface area contributed by atoms with Crippen LogP contribution in [0, 0.1) is 0 Å². The van der Waals surface area contributed by atoms with Crippen molar-refractivity contribution in [3.63, 3.8) is 0 Å². The number of nitrogens with one attached hydrogen (secondary N) is 1. The molecule has 2 amide bonds. The first-order valence-electron chi connectivity index (χ1n) is 10.2. The predicted octanol–water partition coefficient (Wildman–Crippen LogP) is 5.03. The van der Waals surface area contributed by atoms with E-state index in [4.69, 9.17) is 23.2 Å². The van der Waals surface area contributed by atoms with Crippen molar-refractivity contribution >= 4 is 46.7 Å². The molecule has 8 heteroatoms. The Morgan fingerprint density at radius 1 is 1.22 bits per heavy atom. The van der Waals surface area contributed by atoms with Crippen LogP contribution < -0.4 is 5.32 Å². The number of fused-ring (bicyclic) bond motifs is 2. The lowest BCUT2D eigenvalue weighted by atomic mass is 9.58. The fraction of sp³-hybridized carbons (Fsp3) is 0.292. The minimum atomic E-state index is -1.65. The summed E-state index contributed by atoms with van der Waals surface area (Å²) in [5.74, 6) is -1.40. The van der Waals surface area contributed by atoms with Gasteiger partial charge in [0.05, 0.1) is 6.04 Å². The second-order valence-electron chi connectivity index (χ2n) is 8.12.